The lowest BCUT2D eigenvalue weighted by Gasteiger charge is -1.95. The van der Waals surface area contributed by atoms with E-state index in [0.29, 0.717) is 15.0 Å². The van der Waals surface area contributed by atoms with Crippen LogP contribution in [-0.4, -0.2) is 19.8 Å². The Morgan fingerprint density at radius 1 is 1.50 bits per heavy atom. The highest BCUT2D eigenvalue weighted by molar-refractivity contribution is 14.1. The molecule has 2 heterocycles. The summed E-state index contributed by atoms with van der Waals surface area (Å²) in [5.41, 5.74) is 0.949. The summed E-state index contributed by atoms with van der Waals surface area (Å²) in [6.07, 6.45) is 1.62. The molecule has 0 saturated carbocycles. The van der Waals surface area contributed by atoms with Crippen LogP contribution in [0.4, 0.5) is 0 Å². The standard InChI is InChI=1S/C6H2IN5/c7-6-4(3-8)10-11-5-1-2-9-12(5)6/h1-2H. The van der Waals surface area contributed by atoms with Crippen molar-refractivity contribution in [3.05, 3.63) is 21.7 Å². The molecule has 0 amide bonds. The number of hydrogen-bond acceptors (Lipinski definition) is 4. The van der Waals surface area contributed by atoms with Gasteiger partial charge < -0.3 is 0 Å². The molecule has 0 aliphatic carbocycles. The van der Waals surface area contributed by atoms with Gasteiger partial charge in [0.25, 0.3) is 0 Å². The van der Waals surface area contributed by atoms with E-state index < -0.39 is 0 Å². The van der Waals surface area contributed by atoms with Gasteiger partial charge >= 0.3 is 0 Å². The minimum absolute atomic E-state index is 0.298. The summed E-state index contributed by atoms with van der Waals surface area (Å²) >= 11 is 2.01. The lowest BCUT2D eigenvalue weighted by Crippen LogP contribution is -2.02. The zero-order chi connectivity index (χ0) is 8.55. The molecule has 0 unspecified atom stereocenters. The normalized spacial score (nSPS) is 10.0. The topological polar surface area (TPSA) is 66.9 Å². The lowest BCUT2D eigenvalue weighted by molar-refractivity contribution is 0.852. The van der Waals surface area contributed by atoms with Gasteiger partial charge in [0.15, 0.2) is 11.3 Å². The van der Waals surface area contributed by atoms with Gasteiger partial charge in [-0.1, -0.05) is 0 Å². The van der Waals surface area contributed by atoms with Crippen molar-refractivity contribution in [3.63, 3.8) is 0 Å². The molecule has 0 saturated heterocycles. The fourth-order valence-corrected chi connectivity index (χ4v) is 1.43. The third kappa shape index (κ3) is 0.937. The first-order valence-electron chi connectivity index (χ1n) is 3.09. The largest absolute Gasteiger partial charge is 0.204 e. The van der Waals surface area contributed by atoms with Crippen molar-refractivity contribution in [2.24, 2.45) is 0 Å². The Balaban J connectivity index is 2.89. The van der Waals surface area contributed by atoms with Gasteiger partial charge in [0.1, 0.15) is 9.77 Å². The lowest BCUT2D eigenvalue weighted by atomic mass is 10.5. The van der Waals surface area contributed by atoms with Crippen LogP contribution in [-0.2, 0) is 0 Å². The Morgan fingerprint density at radius 3 is 3.08 bits per heavy atom. The van der Waals surface area contributed by atoms with Crippen LogP contribution in [0.2, 0.25) is 0 Å². The number of fused-ring (bicyclic) bond motifs is 1. The summed E-state index contributed by atoms with van der Waals surface area (Å²) in [6, 6.07) is 3.67. The van der Waals surface area contributed by atoms with Gasteiger partial charge in [-0.25, -0.2) is 4.52 Å². The summed E-state index contributed by atoms with van der Waals surface area (Å²) in [5, 5.41) is 20.1. The van der Waals surface area contributed by atoms with Crippen LogP contribution in [0.15, 0.2) is 12.3 Å². The van der Waals surface area contributed by atoms with Crippen molar-refractivity contribution in [1.29, 1.82) is 5.26 Å². The van der Waals surface area contributed by atoms with E-state index in [1.54, 1.807) is 16.8 Å². The fourth-order valence-electron chi connectivity index (χ4n) is 0.835. The number of nitrogens with zero attached hydrogens (tertiary/aromatic N) is 5. The monoisotopic (exact) mass is 271 g/mol. The highest BCUT2D eigenvalue weighted by Crippen LogP contribution is 2.08. The maximum absolute atomic E-state index is 8.62. The average molecular weight is 271 g/mol. The summed E-state index contributed by atoms with van der Waals surface area (Å²) in [4.78, 5) is 0. The molecular weight excluding hydrogens is 269 g/mol. The molecule has 0 radical (unpaired) electrons. The van der Waals surface area contributed by atoms with E-state index in [4.69, 9.17) is 5.26 Å². The predicted octanol–water partition coefficient (Wildman–Crippen LogP) is 0.601. The Kier molecular flexibility index (Phi) is 1.65. The molecule has 2 aromatic heterocycles. The van der Waals surface area contributed by atoms with Gasteiger partial charge in [-0.2, -0.15) is 10.4 Å². The quantitative estimate of drug-likeness (QED) is 0.658. The summed E-state index contributed by atoms with van der Waals surface area (Å²) in [7, 11) is 0. The second-order valence-electron chi connectivity index (χ2n) is 2.05. The second-order valence-corrected chi connectivity index (χ2v) is 3.07. The first kappa shape index (κ1) is 7.42. The van der Waals surface area contributed by atoms with Crippen LogP contribution in [0.5, 0.6) is 0 Å². The highest BCUT2D eigenvalue weighted by atomic mass is 127. The predicted molar refractivity (Wildman–Crippen MR) is 48.2 cm³/mol. The molecule has 0 aliphatic heterocycles. The average Bonchev–Trinajstić information content (AvgIpc) is 2.53. The molecule has 2 aromatic rings. The molecule has 0 aliphatic rings. The van der Waals surface area contributed by atoms with Gasteiger partial charge in [0, 0.05) is 6.07 Å². The number of hydrogen-bond donors (Lipinski definition) is 0. The molecule has 0 aromatic carbocycles. The molecular formula is C6H2IN5. The second kappa shape index (κ2) is 2.67. The van der Waals surface area contributed by atoms with Crippen LogP contribution in [0.1, 0.15) is 5.69 Å². The first-order valence-corrected chi connectivity index (χ1v) is 4.17. The van der Waals surface area contributed by atoms with E-state index >= 15 is 0 Å². The Morgan fingerprint density at radius 2 is 2.33 bits per heavy atom. The van der Waals surface area contributed by atoms with E-state index in [2.05, 4.69) is 15.3 Å². The van der Waals surface area contributed by atoms with Gasteiger partial charge in [0.05, 0.1) is 6.20 Å². The molecule has 0 bridgehead atoms. The van der Waals surface area contributed by atoms with Gasteiger partial charge in [-0.05, 0) is 22.6 Å². The van der Waals surface area contributed by atoms with Crippen LogP contribution >= 0.6 is 22.6 Å². The van der Waals surface area contributed by atoms with Crippen molar-refractivity contribution in [2.45, 2.75) is 0 Å². The van der Waals surface area contributed by atoms with Crippen molar-refractivity contribution >= 4 is 28.2 Å². The molecule has 2 rings (SSSR count). The zero-order valence-electron chi connectivity index (χ0n) is 5.77. The fraction of sp³-hybridized carbons (Fsp3) is 0. The molecule has 0 spiro atoms. The molecule has 5 nitrogen and oxygen atoms in total. The molecule has 0 fully saturated rings. The molecule has 0 atom stereocenters. The SMILES string of the molecule is N#Cc1nnc2ccnn2c1I. The molecule has 12 heavy (non-hydrogen) atoms. The first-order chi connectivity index (χ1) is 5.83. The molecule has 0 N–H and O–H groups in total. The molecule has 58 valence electrons. The third-order valence-electron chi connectivity index (χ3n) is 1.36. The number of rotatable bonds is 0. The van der Waals surface area contributed by atoms with Crippen LogP contribution in [0.25, 0.3) is 5.65 Å². The van der Waals surface area contributed by atoms with E-state index in [9.17, 15) is 0 Å². The van der Waals surface area contributed by atoms with Gasteiger partial charge in [0.2, 0.25) is 0 Å². The van der Waals surface area contributed by atoms with E-state index in [1.165, 1.54) is 0 Å². The summed E-state index contributed by atoms with van der Waals surface area (Å²) < 4.78 is 2.26. The highest BCUT2D eigenvalue weighted by Gasteiger charge is 2.06. The van der Waals surface area contributed by atoms with E-state index in [-0.39, 0.29) is 0 Å². The van der Waals surface area contributed by atoms with Crippen LogP contribution in [0, 0.1) is 15.0 Å². The van der Waals surface area contributed by atoms with Gasteiger partial charge in [-0.15, -0.1) is 10.2 Å². The summed E-state index contributed by atoms with van der Waals surface area (Å²) in [6.45, 7) is 0. The number of halogens is 1. The smallest absolute Gasteiger partial charge is 0.195 e. The van der Waals surface area contributed by atoms with Crippen molar-refractivity contribution < 1.29 is 0 Å². The maximum atomic E-state index is 8.62. The minimum atomic E-state index is 0.298. The Labute approximate surface area is 81.2 Å². The van der Waals surface area contributed by atoms with Gasteiger partial charge in [-0.3, -0.25) is 0 Å². The van der Waals surface area contributed by atoms with E-state index in [1.807, 2.05) is 28.7 Å². The van der Waals surface area contributed by atoms with Crippen LogP contribution in [0.3, 0.4) is 0 Å². The zero-order valence-corrected chi connectivity index (χ0v) is 7.93. The molecule has 6 heteroatoms. The number of aromatic nitrogens is 4. The van der Waals surface area contributed by atoms with Crippen molar-refractivity contribution in [2.75, 3.05) is 0 Å². The van der Waals surface area contributed by atoms with Crippen LogP contribution < -0.4 is 0 Å². The van der Waals surface area contributed by atoms with Crippen molar-refractivity contribution in [3.8, 4) is 6.07 Å². The van der Waals surface area contributed by atoms with E-state index in [0.717, 1.165) is 0 Å². The summed E-state index contributed by atoms with van der Waals surface area (Å²) in [5.74, 6) is 0. The minimum Gasteiger partial charge on any atom is -0.204 e. The Bertz CT molecular complexity index is 468. The van der Waals surface area contributed by atoms with Crippen molar-refractivity contribution in [1.82, 2.24) is 19.8 Å². The number of nitriles is 1. The maximum Gasteiger partial charge on any atom is 0.195 e. The Hall–Kier alpha value is -1.23. The third-order valence-corrected chi connectivity index (χ3v) is 2.33.